The number of phosphoric acid groups is 1. The first-order valence-electron chi connectivity index (χ1n) is 18.2. The molecule has 0 aliphatic rings. The Morgan fingerprint density at radius 2 is 1.22 bits per heavy atom. The highest BCUT2D eigenvalue weighted by Crippen LogP contribution is 2.38. The molecule has 0 spiro atoms. The summed E-state index contributed by atoms with van der Waals surface area (Å²) in [6.07, 6.45) is 33.2. The van der Waals surface area contributed by atoms with E-state index in [4.69, 9.17) is 9.05 Å². The summed E-state index contributed by atoms with van der Waals surface area (Å²) in [5, 5.41) is 13.2. The molecular formula is C36H71N2O6P. The van der Waals surface area contributed by atoms with E-state index in [2.05, 4.69) is 24.4 Å². The molecule has 1 amide bonds. The fraction of sp³-hybridized carbons (Fsp3) is 0.861. The van der Waals surface area contributed by atoms with Gasteiger partial charge in [-0.15, -0.1) is 0 Å². The van der Waals surface area contributed by atoms with E-state index >= 15 is 0 Å². The molecule has 9 heteroatoms. The topological polar surface area (TPSA) is 108 Å². The number of amides is 1. The number of unbranched alkanes of at least 4 members (excludes halogenated alkanes) is 18. The number of rotatable bonds is 32. The van der Waals surface area contributed by atoms with Crippen LogP contribution in [0.4, 0.5) is 0 Å². The Labute approximate surface area is 277 Å². The number of quaternary nitrogens is 1. The summed E-state index contributed by atoms with van der Waals surface area (Å²) in [5.41, 5.74) is 0. The highest BCUT2D eigenvalue weighted by atomic mass is 31.2. The largest absolute Gasteiger partial charge is 0.756 e. The molecule has 0 aliphatic heterocycles. The van der Waals surface area contributed by atoms with E-state index in [1.54, 1.807) is 13.0 Å². The predicted octanol–water partition coefficient (Wildman–Crippen LogP) is 8.38. The van der Waals surface area contributed by atoms with Crippen LogP contribution in [0.15, 0.2) is 24.3 Å². The van der Waals surface area contributed by atoms with Crippen LogP contribution in [-0.4, -0.2) is 68.5 Å². The minimum Gasteiger partial charge on any atom is -0.756 e. The summed E-state index contributed by atoms with van der Waals surface area (Å²) in [5.74, 6) is -0.296. The first-order chi connectivity index (χ1) is 21.5. The molecule has 3 atom stereocenters. The molecule has 2 N–H and O–H groups in total. The average molecular weight is 659 g/mol. The Morgan fingerprint density at radius 3 is 1.71 bits per heavy atom. The molecule has 0 saturated heterocycles. The normalized spacial score (nSPS) is 15.1. The van der Waals surface area contributed by atoms with Crippen molar-refractivity contribution >= 4 is 13.7 Å². The molecule has 0 rings (SSSR count). The van der Waals surface area contributed by atoms with Crippen molar-refractivity contribution in [1.29, 1.82) is 0 Å². The lowest BCUT2D eigenvalue weighted by molar-refractivity contribution is -0.870. The molecule has 0 aromatic heterocycles. The average Bonchev–Trinajstić information content (AvgIpc) is 2.98. The van der Waals surface area contributed by atoms with Gasteiger partial charge in [-0.3, -0.25) is 9.36 Å². The number of nitrogens with zero attached hydrogens (tertiary/aromatic N) is 1. The highest BCUT2D eigenvalue weighted by molar-refractivity contribution is 7.45. The number of allylic oxidation sites excluding steroid dienone is 3. The number of phosphoric ester groups is 1. The summed E-state index contributed by atoms with van der Waals surface area (Å²) in [6, 6.07) is -0.895. The van der Waals surface area contributed by atoms with Crippen molar-refractivity contribution in [2.24, 2.45) is 0 Å². The first kappa shape index (κ1) is 44.0. The second kappa shape index (κ2) is 29.1. The maximum Gasteiger partial charge on any atom is 0.268 e. The SMILES string of the molecule is CCCCCCCCCCCCCCCCCCC/C=C/CC/C=C/C(O)C(COP(=O)([O-])OCC[N+](C)(C)C)NC(=O)CC. The fourth-order valence-corrected chi connectivity index (χ4v) is 5.68. The maximum atomic E-state index is 12.1. The number of carbonyl (C=O) groups is 1. The smallest absolute Gasteiger partial charge is 0.268 e. The van der Waals surface area contributed by atoms with Crippen molar-refractivity contribution in [2.45, 2.75) is 161 Å². The third kappa shape index (κ3) is 31.4. The quantitative estimate of drug-likeness (QED) is 0.0325. The van der Waals surface area contributed by atoms with Gasteiger partial charge in [-0.05, 0) is 25.7 Å². The Bertz CT molecular complexity index is 799. The third-order valence-electron chi connectivity index (χ3n) is 7.98. The van der Waals surface area contributed by atoms with Gasteiger partial charge in [-0.2, -0.15) is 0 Å². The predicted molar refractivity (Wildman–Crippen MR) is 187 cm³/mol. The van der Waals surface area contributed by atoms with Crippen molar-refractivity contribution in [3.63, 3.8) is 0 Å². The summed E-state index contributed by atoms with van der Waals surface area (Å²) < 4.78 is 22.6. The minimum absolute atomic E-state index is 0.00819. The Kier molecular flexibility index (Phi) is 28.5. The second-order valence-electron chi connectivity index (χ2n) is 13.5. The van der Waals surface area contributed by atoms with Crippen LogP contribution in [0.5, 0.6) is 0 Å². The van der Waals surface area contributed by atoms with Crippen LogP contribution in [0.1, 0.15) is 149 Å². The molecule has 0 aromatic carbocycles. The molecule has 8 nitrogen and oxygen atoms in total. The van der Waals surface area contributed by atoms with Gasteiger partial charge >= 0.3 is 0 Å². The molecule has 0 aliphatic carbocycles. The van der Waals surface area contributed by atoms with Gasteiger partial charge in [-0.1, -0.05) is 141 Å². The zero-order valence-corrected chi connectivity index (χ0v) is 30.7. The molecule has 45 heavy (non-hydrogen) atoms. The number of hydrogen-bond donors (Lipinski definition) is 2. The number of carbonyl (C=O) groups excluding carboxylic acids is 1. The number of aliphatic hydroxyl groups is 1. The number of hydrogen-bond acceptors (Lipinski definition) is 6. The van der Waals surface area contributed by atoms with Crippen LogP contribution in [0, 0.1) is 0 Å². The van der Waals surface area contributed by atoms with E-state index in [9.17, 15) is 19.4 Å². The van der Waals surface area contributed by atoms with Gasteiger partial charge in [0, 0.05) is 6.42 Å². The van der Waals surface area contributed by atoms with Gasteiger partial charge < -0.3 is 28.8 Å². The van der Waals surface area contributed by atoms with Crippen LogP contribution in [0.2, 0.25) is 0 Å². The van der Waals surface area contributed by atoms with Crippen molar-refractivity contribution in [3.8, 4) is 0 Å². The van der Waals surface area contributed by atoms with Gasteiger partial charge in [0.2, 0.25) is 5.91 Å². The Balaban J connectivity index is 3.93. The van der Waals surface area contributed by atoms with Crippen molar-refractivity contribution in [1.82, 2.24) is 5.32 Å². The number of aliphatic hydroxyl groups excluding tert-OH is 1. The lowest BCUT2D eigenvalue weighted by Crippen LogP contribution is -2.45. The molecule has 0 bridgehead atoms. The fourth-order valence-electron chi connectivity index (χ4n) is 4.95. The molecule has 0 radical (unpaired) electrons. The van der Waals surface area contributed by atoms with Gasteiger partial charge in [0.25, 0.3) is 7.82 Å². The van der Waals surface area contributed by atoms with Gasteiger partial charge in [0.1, 0.15) is 13.2 Å². The lowest BCUT2D eigenvalue weighted by atomic mass is 10.0. The first-order valence-corrected chi connectivity index (χ1v) is 19.7. The maximum absolute atomic E-state index is 12.1. The van der Waals surface area contributed by atoms with Crippen molar-refractivity contribution in [3.05, 3.63) is 24.3 Å². The van der Waals surface area contributed by atoms with E-state index in [0.717, 1.165) is 19.3 Å². The second-order valence-corrected chi connectivity index (χ2v) is 14.9. The minimum atomic E-state index is -4.55. The monoisotopic (exact) mass is 659 g/mol. The third-order valence-corrected chi connectivity index (χ3v) is 8.94. The lowest BCUT2D eigenvalue weighted by Gasteiger charge is -2.29. The van der Waals surface area contributed by atoms with E-state index in [0.29, 0.717) is 11.0 Å². The molecule has 3 unspecified atom stereocenters. The van der Waals surface area contributed by atoms with Crippen LogP contribution in [0.3, 0.4) is 0 Å². The van der Waals surface area contributed by atoms with Gasteiger partial charge in [0.15, 0.2) is 0 Å². The van der Waals surface area contributed by atoms with Crippen LogP contribution >= 0.6 is 7.82 Å². The number of likely N-dealkylation sites (N-methyl/N-ethyl adjacent to an activating group) is 1. The Hall–Kier alpha value is -1.02. The van der Waals surface area contributed by atoms with Crippen molar-refractivity contribution < 1.29 is 32.9 Å². The van der Waals surface area contributed by atoms with Crippen LogP contribution in [0.25, 0.3) is 0 Å². The summed E-state index contributed by atoms with van der Waals surface area (Å²) >= 11 is 0. The summed E-state index contributed by atoms with van der Waals surface area (Å²) in [7, 11) is 1.23. The standard InChI is InChI=1S/C36H71N2O6P/c1-6-8-9-10-11-12-13-14-15-16-17-18-19-20-21-22-23-24-25-26-27-28-29-30-35(39)34(37-36(40)7-2)33-44-45(41,42)43-32-31-38(3,4)5/h25-26,29-30,34-35,39H,6-24,27-28,31-33H2,1-5H3,(H-,37,40,41,42)/b26-25+,30-29+. The molecule has 0 aromatic rings. The molecule has 0 fully saturated rings. The number of nitrogens with one attached hydrogen (secondary N) is 1. The van der Waals surface area contributed by atoms with Crippen LogP contribution < -0.4 is 10.2 Å². The van der Waals surface area contributed by atoms with Gasteiger partial charge in [0.05, 0.1) is 39.9 Å². The van der Waals surface area contributed by atoms with E-state index < -0.39 is 26.6 Å². The van der Waals surface area contributed by atoms with E-state index in [1.807, 2.05) is 27.2 Å². The summed E-state index contributed by atoms with van der Waals surface area (Å²) in [6.45, 7) is 4.05. The summed E-state index contributed by atoms with van der Waals surface area (Å²) in [4.78, 5) is 24.0. The van der Waals surface area contributed by atoms with Crippen LogP contribution in [-0.2, 0) is 18.4 Å². The highest BCUT2D eigenvalue weighted by Gasteiger charge is 2.22. The van der Waals surface area contributed by atoms with E-state index in [-0.39, 0.29) is 18.9 Å². The van der Waals surface area contributed by atoms with Gasteiger partial charge in [-0.25, -0.2) is 0 Å². The molecule has 0 heterocycles. The Morgan fingerprint density at radius 1 is 0.756 bits per heavy atom. The molecule has 0 saturated carbocycles. The van der Waals surface area contributed by atoms with E-state index in [1.165, 1.54) is 109 Å². The zero-order valence-electron chi connectivity index (χ0n) is 29.8. The van der Waals surface area contributed by atoms with Crippen molar-refractivity contribution in [2.75, 3.05) is 40.9 Å². The molecule has 266 valence electrons. The zero-order chi connectivity index (χ0) is 33.7. The molecular weight excluding hydrogens is 587 g/mol.